The first-order chi connectivity index (χ1) is 35.8. The second-order valence-corrected chi connectivity index (χ2v) is 22.6. The molecule has 6 N–H and O–H groups in total. The highest BCUT2D eigenvalue weighted by Crippen LogP contribution is 2.23. The summed E-state index contributed by atoms with van der Waals surface area (Å²) in [6, 6.07) is -0.719. The summed E-state index contributed by atoms with van der Waals surface area (Å²) in [5.74, 6) is -0.140. The van der Waals surface area contributed by atoms with Crippen molar-refractivity contribution in [1.82, 2.24) is 5.32 Å². The summed E-state index contributed by atoms with van der Waals surface area (Å²) in [7, 11) is 0. The van der Waals surface area contributed by atoms with E-state index >= 15 is 0 Å². The Bertz CT molecular complexity index is 1200. The Kier molecular flexibility index (Phi) is 51.6. The van der Waals surface area contributed by atoms with Crippen LogP contribution in [0.15, 0.2) is 24.3 Å². The molecule has 0 bridgehead atoms. The van der Waals surface area contributed by atoms with Crippen molar-refractivity contribution in [2.24, 2.45) is 0 Å². The molecule has 7 unspecified atom stereocenters. The topological polar surface area (TPSA) is 149 Å². The molecule has 1 rings (SSSR count). The Morgan fingerprint density at radius 1 is 0.466 bits per heavy atom. The van der Waals surface area contributed by atoms with Crippen molar-refractivity contribution < 1.29 is 39.8 Å². The van der Waals surface area contributed by atoms with E-state index in [4.69, 9.17) is 9.47 Å². The number of aliphatic hydroxyl groups excluding tert-OH is 5. The minimum atomic E-state index is -1.55. The van der Waals surface area contributed by atoms with Gasteiger partial charge in [-0.1, -0.05) is 295 Å². The van der Waals surface area contributed by atoms with Crippen LogP contribution in [0.25, 0.3) is 0 Å². The molecule has 0 saturated carbocycles. The third kappa shape index (κ3) is 43.4. The zero-order valence-corrected chi connectivity index (χ0v) is 48.2. The summed E-state index contributed by atoms with van der Waals surface area (Å²) in [5, 5.41) is 54.8. The number of nitrogens with one attached hydrogen (secondary N) is 1. The average Bonchev–Trinajstić information content (AvgIpc) is 3.39. The van der Waals surface area contributed by atoms with Gasteiger partial charge in [0, 0.05) is 6.42 Å². The molecular weight excluding hydrogens is 911 g/mol. The maximum Gasteiger partial charge on any atom is 0.220 e. The maximum atomic E-state index is 13.1. The fourth-order valence-corrected chi connectivity index (χ4v) is 10.5. The molecule has 1 fully saturated rings. The lowest BCUT2D eigenvalue weighted by Gasteiger charge is -2.40. The Labute approximate surface area is 451 Å². The standard InChI is InChI=1S/C64H123NO8/c1-3-5-7-9-11-13-15-17-19-21-23-25-26-27-28-29-30-31-32-34-36-38-40-42-44-46-48-50-52-54-60(68)65-57(56-72-64-63(71)62(70)61(69)59(55-66)73-64)58(67)53-51-49-47-45-43-41-39-37-35-33-24-22-20-18-16-14-12-10-8-6-4-2/h23,25,27-28,57-59,61-64,66-67,69-71H,3-22,24,26,29-56H2,1-2H3,(H,65,68)/b25-23-,28-27-. The first kappa shape index (κ1) is 69.7. The Morgan fingerprint density at radius 3 is 1.18 bits per heavy atom. The van der Waals surface area contributed by atoms with Crippen molar-refractivity contribution in [1.29, 1.82) is 0 Å². The van der Waals surface area contributed by atoms with Crippen molar-refractivity contribution >= 4 is 5.91 Å². The second-order valence-electron chi connectivity index (χ2n) is 22.6. The molecule has 0 spiro atoms. The molecule has 1 aliphatic heterocycles. The minimum absolute atomic E-state index is 0.135. The fourth-order valence-electron chi connectivity index (χ4n) is 10.5. The van der Waals surface area contributed by atoms with E-state index in [1.165, 1.54) is 250 Å². The summed E-state index contributed by atoms with van der Waals surface area (Å²) in [4.78, 5) is 13.1. The van der Waals surface area contributed by atoms with Gasteiger partial charge in [0.1, 0.15) is 24.4 Å². The molecule has 432 valence electrons. The van der Waals surface area contributed by atoms with Crippen molar-refractivity contribution in [3.05, 3.63) is 24.3 Å². The molecule has 1 saturated heterocycles. The van der Waals surface area contributed by atoms with Crippen molar-refractivity contribution in [3.63, 3.8) is 0 Å². The number of aliphatic hydroxyl groups is 5. The van der Waals surface area contributed by atoms with E-state index < -0.39 is 49.5 Å². The third-order valence-corrected chi connectivity index (χ3v) is 15.6. The largest absolute Gasteiger partial charge is 0.394 e. The van der Waals surface area contributed by atoms with Crippen LogP contribution >= 0.6 is 0 Å². The van der Waals surface area contributed by atoms with E-state index in [-0.39, 0.29) is 12.5 Å². The van der Waals surface area contributed by atoms with E-state index in [1.54, 1.807) is 0 Å². The summed E-state index contributed by atoms with van der Waals surface area (Å²) in [5.41, 5.74) is 0. The zero-order valence-electron chi connectivity index (χ0n) is 48.2. The highest BCUT2D eigenvalue weighted by molar-refractivity contribution is 5.76. The Balaban J connectivity index is 2.15. The van der Waals surface area contributed by atoms with Crippen LogP contribution in [0.2, 0.25) is 0 Å². The molecule has 1 aliphatic rings. The van der Waals surface area contributed by atoms with Crippen LogP contribution in [-0.2, 0) is 14.3 Å². The quantitative estimate of drug-likeness (QED) is 0.0261. The molecule has 1 amide bonds. The normalized spacial score (nSPS) is 19.1. The van der Waals surface area contributed by atoms with E-state index in [1.807, 2.05) is 0 Å². The highest BCUT2D eigenvalue weighted by atomic mass is 16.7. The summed E-state index contributed by atoms with van der Waals surface area (Å²) in [6.07, 6.45) is 62.2. The van der Waals surface area contributed by atoms with Gasteiger partial charge in [-0.3, -0.25) is 4.79 Å². The summed E-state index contributed by atoms with van der Waals surface area (Å²) >= 11 is 0. The van der Waals surface area contributed by atoms with Gasteiger partial charge in [0.2, 0.25) is 5.91 Å². The van der Waals surface area contributed by atoms with Gasteiger partial charge in [-0.15, -0.1) is 0 Å². The van der Waals surface area contributed by atoms with Crippen molar-refractivity contribution in [2.45, 2.75) is 365 Å². The molecule has 0 radical (unpaired) electrons. The van der Waals surface area contributed by atoms with Gasteiger partial charge < -0.3 is 40.3 Å². The fraction of sp³-hybridized carbons (Fsp3) is 0.922. The number of carbonyl (C=O) groups is 1. The molecule has 0 aromatic rings. The highest BCUT2D eigenvalue weighted by Gasteiger charge is 2.44. The molecule has 0 aliphatic carbocycles. The van der Waals surface area contributed by atoms with Crippen LogP contribution in [0.5, 0.6) is 0 Å². The lowest BCUT2D eigenvalue weighted by Crippen LogP contribution is -2.60. The van der Waals surface area contributed by atoms with Crippen LogP contribution in [-0.4, -0.2) is 87.5 Å². The van der Waals surface area contributed by atoms with Crippen LogP contribution in [0.1, 0.15) is 322 Å². The number of amides is 1. The van der Waals surface area contributed by atoms with E-state index in [2.05, 4.69) is 43.5 Å². The van der Waals surface area contributed by atoms with Gasteiger partial charge in [-0.25, -0.2) is 0 Å². The second kappa shape index (κ2) is 54.0. The number of ether oxygens (including phenoxy) is 2. The van der Waals surface area contributed by atoms with E-state index in [9.17, 15) is 30.3 Å². The van der Waals surface area contributed by atoms with Gasteiger partial charge in [-0.2, -0.15) is 0 Å². The zero-order chi connectivity index (χ0) is 52.9. The van der Waals surface area contributed by atoms with Gasteiger partial charge in [0.25, 0.3) is 0 Å². The maximum absolute atomic E-state index is 13.1. The van der Waals surface area contributed by atoms with Gasteiger partial charge >= 0.3 is 0 Å². The van der Waals surface area contributed by atoms with E-state index in [0.717, 1.165) is 44.9 Å². The molecule has 73 heavy (non-hydrogen) atoms. The predicted octanol–water partition coefficient (Wildman–Crippen LogP) is 16.5. The molecule has 1 heterocycles. The van der Waals surface area contributed by atoms with Crippen LogP contribution in [0.4, 0.5) is 0 Å². The Morgan fingerprint density at radius 2 is 0.808 bits per heavy atom. The molecule has 9 heteroatoms. The van der Waals surface area contributed by atoms with Crippen molar-refractivity contribution in [3.8, 4) is 0 Å². The number of allylic oxidation sites excluding steroid dienone is 4. The number of rotatable bonds is 56. The SMILES string of the molecule is CCCCCCCCCCC/C=C\C/C=C\CCCCCCCCCCCCCCCC(=O)NC(COC1OC(CO)C(O)C(O)C1O)C(O)CCCCCCCCCCCCCCCCCCCCCCC. The lowest BCUT2D eigenvalue weighted by atomic mass is 9.99. The number of carbonyl (C=O) groups excluding carboxylic acids is 1. The predicted molar refractivity (Wildman–Crippen MR) is 309 cm³/mol. The Hall–Kier alpha value is -1.33. The first-order valence-corrected chi connectivity index (χ1v) is 32.0. The summed E-state index contributed by atoms with van der Waals surface area (Å²) < 4.78 is 11.3. The molecule has 0 aromatic heterocycles. The van der Waals surface area contributed by atoms with Gasteiger partial charge in [-0.05, 0) is 44.9 Å². The monoisotopic (exact) mass is 1030 g/mol. The molecule has 9 nitrogen and oxygen atoms in total. The molecule has 0 aromatic carbocycles. The number of hydrogen-bond donors (Lipinski definition) is 6. The number of hydrogen-bond acceptors (Lipinski definition) is 8. The van der Waals surface area contributed by atoms with Crippen LogP contribution < -0.4 is 5.32 Å². The van der Waals surface area contributed by atoms with Gasteiger partial charge in [0.15, 0.2) is 6.29 Å². The average molecular weight is 1030 g/mol. The first-order valence-electron chi connectivity index (χ1n) is 32.0. The number of unbranched alkanes of at least 4 members (excludes halogenated alkanes) is 42. The van der Waals surface area contributed by atoms with Gasteiger partial charge in [0.05, 0.1) is 25.4 Å². The molecule has 7 atom stereocenters. The van der Waals surface area contributed by atoms with Crippen LogP contribution in [0.3, 0.4) is 0 Å². The summed E-state index contributed by atoms with van der Waals surface area (Å²) in [6.45, 7) is 3.88. The van der Waals surface area contributed by atoms with E-state index in [0.29, 0.717) is 12.8 Å². The lowest BCUT2D eigenvalue weighted by molar-refractivity contribution is -0.302. The molecular formula is C64H123NO8. The van der Waals surface area contributed by atoms with Crippen LogP contribution in [0, 0.1) is 0 Å². The smallest absolute Gasteiger partial charge is 0.220 e. The van der Waals surface area contributed by atoms with Crippen molar-refractivity contribution in [2.75, 3.05) is 13.2 Å². The minimum Gasteiger partial charge on any atom is -0.394 e. The third-order valence-electron chi connectivity index (χ3n) is 15.6.